The minimum absolute atomic E-state index is 0.571. The Labute approximate surface area is 111 Å². The Morgan fingerprint density at radius 1 is 1.35 bits per heavy atom. The summed E-state index contributed by atoms with van der Waals surface area (Å²) in [6.07, 6.45) is 7.39. The second-order valence-electron chi connectivity index (χ2n) is 6.11. The van der Waals surface area contributed by atoms with Gasteiger partial charge in [0.2, 0.25) is 0 Å². The van der Waals surface area contributed by atoms with E-state index in [9.17, 15) is 5.11 Å². The number of aliphatic hydroxyl groups is 1. The lowest BCUT2D eigenvalue weighted by Crippen LogP contribution is -2.48. The van der Waals surface area contributed by atoms with Crippen LogP contribution in [0.5, 0.6) is 0 Å². The Kier molecular flexibility index (Phi) is 6.32. The lowest BCUT2D eigenvalue weighted by Gasteiger charge is -2.37. The normalized spacial score (nSPS) is 29.3. The van der Waals surface area contributed by atoms with Crippen LogP contribution in [0.3, 0.4) is 0 Å². The molecule has 3 atom stereocenters. The standard InChI is InChI=1S/C14H29NOS/c1-11(2)12-7-5-6-8-13(12)15-9-14(3,16)10-17-4/h11-13,15-16H,5-10H2,1-4H3. The van der Waals surface area contributed by atoms with Crippen molar-refractivity contribution in [3.63, 3.8) is 0 Å². The Bertz CT molecular complexity index is 218. The largest absolute Gasteiger partial charge is 0.388 e. The Balaban J connectivity index is 2.43. The molecular weight excluding hydrogens is 230 g/mol. The molecule has 1 fully saturated rings. The van der Waals surface area contributed by atoms with Gasteiger partial charge in [-0.05, 0) is 37.9 Å². The van der Waals surface area contributed by atoms with Crippen LogP contribution in [0.1, 0.15) is 46.5 Å². The van der Waals surface area contributed by atoms with Gasteiger partial charge in [0, 0.05) is 18.3 Å². The molecule has 1 rings (SSSR count). The summed E-state index contributed by atoms with van der Waals surface area (Å²) in [6.45, 7) is 7.31. The fourth-order valence-corrected chi connectivity index (χ4v) is 3.65. The summed E-state index contributed by atoms with van der Waals surface area (Å²) in [5.41, 5.74) is -0.571. The summed E-state index contributed by atoms with van der Waals surface area (Å²) in [4.78, 5) is 0. The first-order valence-corrected chi connectivity index (χ1v) is 8.30. The first-order valence-electron chi connectivity index (χ1n) is 6.91. The van der Waals surface area contributed by atoms with Crippen molar-refractivity contribution in [1.82, 2.24) is 5.32 Å². The second-order valence-corrected chi connectivity index (χ2v) is 6.98. The fraction of sp³-hybridized carbons (Fsp3) is 1.00. The van der Waals surface area contributed by atoms with Gasteiger partial charge in [0.15, 0.2) is 0 Å². The third kappa shape index (κ3) is 5.19. The molecule has 0 aliphatic heterocycles. The molecule has 0 spiro atoms. The average Bonchev–Trinajstić information content (AvgIpc) is 2.27. The van der Waals surface area contributed by atoms with Crippen molar-refractivity contribution in [2.45, 2.75) is 58.1 Å². The van der Waals surface area contributed by atoms with Gasteiger partial charge in [0.1, 0.15) is 0 Å². The highest BCUT2D eigenvalue weighted by Crippen LogP contribution is 2.30. The smallest absolute Gasteiger partial charge is 0.0833 e. The Morgan fingerprint density at radius 2 is 2.00 bits per heavy atom. The van der Waals surface area contributed by atoms with Crippen LogP contribution in [0, 0.1) is 11.8 Å². The molecule has 0 amide bonds. The number of hydrogen-bond acceptors (Lipinski definition) is 3. The predicted octanol–water partition coefficient (Wildman–Crippen LogP) is 2.90. The van der Waals surface area contributed by atoms with Crippen molar-refractivity contribution in [3.8, 4) is 0 Å². The van der Waals surface area contributed by atoms with Crippen LogP contribution in [0.4, 0.5) is 0 Å². The molecule has 2 nitrogen and oxygen atoms in total. The van der Waals surface area contributed by atoms with Crippen LogP contribution in [-0.4, -0.2) is 35.3 Å². The molecule has 0 radical (unpaired) electrons. The van der Waals surface area contributed by atoms with Gasteiger partial charge < -0.3 is 10.4 Å². The maximum atomic E-state index is 10.2. The summed E-state index contributed by atoms with van der Waals surface area (Å²) >= 11 is 1.71. The second kappa shape index (κ2) is 7.01. The molecule has 3 heteroatoms. The quantitative estimate of drug-likeness (QED) is 0.769. The van der Waals surface area contributed by atoms with Crippen LogP contribution in [-0.2, 0) is 0 Å². The van der Waals surface area contributed by atoms with E-state index in [0.29, 0.717) is 6.04 Å². The molecule has 2 N–H and O–H groups in total. The number of thioether (sulfide) groups is 1. The number of rotatable bonds is 6. The van der Waals surface area contributed by atoms with Crippen LogP contribution in [0.2, 0.25) is 0 Å². The molecule has 1 aliphatic carbocycles. The highest BCUT2D eigenvalue weighted by molar-refractivity contribution is 7.98. The average molecular weight is 259 g/mol. The SMILES string of the molecule is CSCC(C)(O)CNC1CCCCC1C(C)C. The van der Waals surface area contributed by atoms with E-state index in [4.69, 9.17) is 0 Å². The monoisotopic (exact) mass is 259 g/mol. The minimum Gasteiger partial charge on any atom is -0.388 e. The topological polar surface area (TPSA) is 32.3 Å². The van der Waals surface area contributed by atoms with E-state index >= 15 is 0 Å². The molecule has 0 saturated heterocycles. The van der Waals surface area contributed by atoms with Gasteiger partial charge in [-0.15, -0.1) is 0 Å². The zero-order chi connectivity index (χ0) is 12.9. The van der Waals surface area contributed by atoms with Crippen molar-refractivity contribution in [3.05, 3.63) is 0 Å². The highest BCUT2D eigenvalue weighted by atomic mass is 32.2. The summed E-state index contributed by atoms with van der Waals surface area (Å²) in [7, 11) is 0. The Hall–Kier alpha value is 0.270. The van der Waals surface area contributed by atoms with Crippen LogP contribution in [0.15, 0.2) is 0 Å². The van der Waals surface area contributed by atoms with Crippen LogP contribution in [0.25, 0.3) is 0 Å². The van der Waals surface area contributed by atoms with Gasteiger partial charge >= 0.3 is 0 Å². The lowest BCUT2D eigenvalue weighted by molar-refractivity contribution is 0.0720. The number of nitrogens with one attached hydrogen (secondary N) is 1. The van der Waals surface area contributed by atoms with E-state index in [-0.39, 0.29) is 0 Å². The van der Waals surface area contributed by atoms with Gasteiger partial charge in [-0.25, -0.2) is 0 Å². The molecule has 0 aromatic heterocycles. The van der Waals surface area contributed by atoms with Crippen LogP contribution >= 0.6 is 11.8 Å². The highest BCUT2D eigenvalue weighted by Gasteiger charge is 2.29. The lowest BCUT2D eigenvalue weighted by atomic mass is 9.77. The maximum Gasteiger partial charge on any atom is 0.0833 e. The molecule has 0 aromatic rings. The Morgan fingerprint density at radius 3 is 2.59 bits per heavy atom. The van der Waals surface area contributed by atoms with Gasteiger partial charge in [-0.1, -0.05) is 26.7 Å². The van der Waals surface area contributed by atoms with E-state index < -0.39 is 5.60 Å². The summed E-state index contributed by atoms with van der Waals surface area (Å²) < 4.78 is 0. The first kappa shape index (κ1) is 15.3. The van der Waals surface area contributed by atoms with Gasteiger partial charge in [0.25, 0.3) is 0 Å². The van der Waals surface area contributed by atoms with Gasteiger partial charge in [-0.2, -0.15) is 11.8 Å². The number of hydrogen-bond donors (Lipinski definition) is 2. The van der Waals surface area contributed by atoms with Crippen molar-refractivity contribution >= 4 is 11.8 Å². The van der Waals surface area contributed by atoms with Gasteiger partial charge in [-0.3, -0.25) is 0 Å². The molecule has 1 aliphatic rings. The van der Waals surface area contributed by atoms with E-state index in [2.05, 4.69) is 19.2 Å². The van der Waals surface area contributed by atoms with Crippen molar-refractivity contribution in [1.29, 1.82) is 0 Å². The van der Waals surface area contributed by atoms with E-state index in [0.717, 1.165) is 24.1 Å². The maximum absolute atomic E-state index is 10.2. The van der Waals surface area contributed by atoms with E-state index in [1.807, 2.05) is 13.2 Å². The summed E-state index contributed by atoms with van der Waals surface area (Å²) in [5.74, 6) is 2.34. The predicted molar refractivity (Wildman–Crippen MR) is 77.6 cm³/mol. The van der Waals surface area contributed by atoms with Crippen molar-refractivity contribution in [2.24, 2.45) is 11.8 Å². The molecule has 102 valence electrons. The summed E-state index contributed by atoms with van der Waals surface area (Å²) in [5, 5.41) is 13.8. The molecule has 1 saturated carbocycles. The van der Waals surface area contributed by atoms with Crippen molar-refractivity contribution < 1.29 is 5.11 Å². The zero-order valence-electron chi connectivity index (χ0n) is 11.8. The fourth-order valence-electron chi connectivity index (χ4n) is 2.92. The third-order valence-electron chi connectivity index (χ3n) is 3.88. The first-order chi connectivity index (χ1) is 7.96. The van der Waals surface area contributed by atoms with E-state index in [1.165, 1.54) is 25.7 Å². The van der Waals surface area contributed by atoms with Crippen molar-refractivity contribution in [2.75, 3.05) is 18.6 Å². The molecule has 0 heterocycles. The molecule has 0 aromatic carbocycles. The van der Waals surface area contributed by atoms with E-state index in [1.54, 1.807) is 11.8 Å². The van der Waals surface area contributed by atoms with Gasteiger partial charge in [0.05, 0.1) is 5.60 Å². The summed E-state index contributed by atoms with van der Waals surface area (Å²) in [6, 6.07) is 0.608. The zero-order valence-corrected chi connectivity index (χ0v) is 12.6. The molecular formula is C14H29NOS. The van der Waals surface area contributed by atoms with Crippen LogP contribution < -0.4 is 5.32 Å². The minimum atomic E-state index is -0.571. The third-order valence-corrected chi connectivity index (χ3v) is 4.79. The molecule has 17 heavy (non-hydrogen) atoms. The molecule has 0 bridgehead atoms. The molecule has 3 unspecified atom stereocenters.